The molecule has 0 saturated heterocycles. The molecule has 0 aliphatic rings. The van der Waals surface area contributed by atoms with Gasteiger partial charge in [0.1, 0.15) is 5.69 Å². The summed E-state index contributed by atoms with van der Waals surface area (Å²) in [6.07, 6.45) is 1.73. The highest BCUT2D eigenvalue weighted by atomic mass is 79.9. The summed E-state index contributed by atoms with van der Waals surface area (Å²) in [6.45, 7) is 0. The molecule has 0 saturated carbocycles. The summed E-state index contributed by atoms with van der Waals surface area (Å²) in [4.78, 5) is 8.73. The summed E-state index contributed by atoms with van der Waals surface area (Å²) in [6, 6.07) is 13.6. The van der Waals surface area contributed by atoms with Crippen LogP contribution in [0.4, 0.5) is 0 Å². The smallest absolute Gasteiger partial charge is 0.181 e. The van der Waals surface area contributed by atoms with Crippen LogP contribution >= 0.6 is 15.9 Å². The minimum Gasteiger partial charge on any atom is -0.257 e. The molecule has 0 radical (unpaired) electrons. The van der Waals surface area contributed by atoms with Crippen molar-refractivity contribution in [3.8, 4) is 22.9 Å². The van der Waals surface area contributed by atoms with Crippen molar-refractivity contribution in [1.29, 1.82) is 0 Å². The standard InChI is InChI=1S/C13H9BrN4/c14-10-7-4-8-15-11(10)13-16-12(17-18-13)9-5-2-1-3-6-9/h1-8H,(H,16,17,18). The fraction of sp³-hybridized carbons (Fsp3) is 0. The Hall–Kier alpha value is -2.01. The van der Waals surface area contributed by atoms with Crippen LogP contribution in [0.1, 0.15) is 0 Å². The van der Waals surface area contributed by atoms with Crippen molar-refractivity contribution in [2.75, 3.05) is 0 Å². The molecule has 0 atom stereocenters. The Bertz CT molecular complexity index is 664. The number of hydrogen-bond donors (Lipinski definition) is 1. The molecule has 0 aliphatic carbocycles. The van der Waals surface area contributed by atoms with Gasteiger partial charge in [-0.25, -0.2) is 4.98 Å². The van der Waals surface area contributed by atoms with Gasteiger partial charge in [-0.05, 0) is 28.1 Å². The molecule has 0 spiro atoms. The Balaban J connectivity index is 2.03. The van der Waals surface area contributed by atoms with E-state index in [0.29, 0.717) is 11.6 Å². The maximum atomic E-state index is 4.45. The number of nitrogens with zero attached hydrogens (tertiary/aromatic N) is 3. The number of H-pyrrole nitrogens is 1. The summed E-state index contributed by atoms with van der Waals surface area (Å²) in [7, 11) is 0. The summed E-state index contributed by atoms with van der Waals surface area (Å²) in [5, 5.41) is 7.11. The lowest BCUT2D eigenvalue weighted by Gasteiger charge is -1.97. The molecule has 1 N–H and O–H groups in total. The van der Waals surface area contributed by atoms with Crippen molar-refractivity contribution in [3.63, 3.8) is 0 Å². The number of aromatic amines is 1. The van der Waals surface area contributed by atoms with Gasteiger partial charge in [0, 0.05) is 16.2 Å². The molecule has 0 bridgehead atoms. The van der Waals surface area contributed by atoms with Crippen LogP contribution in [-0.2, 0) is 0 Å². The third kappa shape index (κ3) is 2.04. The van der Waals surface area contributed by atoms with Gasteiger partial charge in [0.2, 0.25) is 0 Å². The monoisotopic (exact) mass is 300 g/mol. The van der Waals surface area contributed by atoms with E-state index < -0.39 is 0 Å². The van der Waals surface area contributed by atoms with Crippen molar-refractivity contribution in [2.45, 2.75) is 0 Å². The van der Waals surface area contributed by atoms with Crippen molar-refractivity contribution in [2.24, 2.45) is 0 Å². The summed E-state index contributed by atoms with van der Waals surface area (Å²) < 4.78 is 0.890. The van der Waals surface area contributed by atoms with Gasteiger partial charge in [-0.2, -0.15) is 5.10 Å². The molecule has 2 heterocycles. The highest BCUT2D eigenvalue weighted by molar-refractivity contribution is 9.10. The third-order valence-electron chi connectivity index (χ3n) is 2.50. The Morgan fingerprint density at radius 1 is 1.00 bits per heavy atom. The first kappa shape index (κ1) is 11.1. The van der Waals surface area contributed by atoms with Crippen LogP contribution in [-0.4, -0.2) is 20.2 Å². The van der Waals surface area contributed by atoms with E-state index >= 15 is 0 Å². The van der Waals surface area contributed by atoms with Crippen LogP contribution in [0.5, 0.6) is 0 Å². The molecule has 3 rings (SSSR count). The summed E-state index contributed by atoms with van der Waals surface area (Å²) in [5.74, 6) is 1.32. The highest BCUT2D eigenvalue weighted by Crippen LogP contribution is 2.24. The first-order chi connectivity index (χ1) is 8.84. The molecule has 0 aliphatic heterocycles. The first-order valence-corrected chi connectivity index (χ1v) is 6.22. The molecule has 3 aromatic rings. The van der Waals surface area contributed by atoms with Crippen LogP contribution in [0.3, 0.4) is 0 Å². The normalized spacial score (nSPS) is 10.5. The fourth-order valence-corrected chi connectivity index (χ4v) is 2.09. The quantitative estimate of drug-likeness (QED) is 0.790. The van der Waals surface area contributed by atoms with Crippen LogP contribution in [0, 0.1) is 0 Å². The largest absolute Gasteiger partial charge is 0.257 e. The minimum atomic E-state index is 0.654. The number of rotatable bonds is 2. The van der Waals surface area contributed by atoms with E-state index in [9.17, 15) is 0 Å². The topological polar surface area (TPSA) is 54.5 Å². The average molecular weight is 301 g/mol. The number of pyridine rings is 1. The Kier molecular flexibility index (Phi) is 2.90. The van der Waals surface area contributed by atoms with Crippen LogP contribution in [0.15, 0.2) is 53.1 Å². The van der Waals surface area contributed by atoms with Gasteiger partial charge in [0.25, 0.3) is 0 Å². The number of halogens is 1. The first-order valence-electron chi connectivity index (χ1n) is 5.43. The van der Waals surface area contributed by atoms with Crippen LogP contribution in [0.2, 0.25) is 0 Å². The average Bonchev–Trinajstić information content (AvgIpc) is 2.90. The molecule has 0 amide bonds. The Morgan fingerprint density at radius 3 is 2.61 bits per heavy atom. The predicted octanol–water partition coefficient (Wildman–Crippen LogP) is 3.30. The van der Waals surface area contributed by atoms with E-state index in [-0.39, 0.29) is 0 Å². The van der Waals surface area contributed by atoms with E-state index in [2.05, 4.69) is 36.1 Å². The maximum absolute atomic E-state index is 4.45. The second-order valence-electron chi connectivity index (χ2n) is 3.71. The number of nitrogens with one attached hydrogen (secondary N) is 1. The summed E-state index contributed by atoms with van der Waals surface area (Å²) >= 11 is 3.45. The van der Waals surface area contributed by atoms with E-state index in [1.165, 1.54) is 0 Å². The second kappa shape index (κ2) is 4.70. The van der Waals surface area contributed by atoms with E-state index in [0.717, 1.165) is 15.7 Å². The van der Waals surface area contributed by atoms with E-state index in [4.69, 9.17) is 0 Å². The van der Waals surface area contributed by atoms with Crippen molar-refractivity contribution >= 4 is 15.9 Å². The Morgan fingerprint density at radius 2 is 1.83 bits per heavy atom. The molecular formula is C13H9BrN4. The predicted molar refractivity (Wildman–Crippen MR) is 72.7 cm³/mol. The Labute approximate surface area is 112 Å². The van der Waals surface area contributed by atoms with Crippen LogP contribution < -0.4 is 0 Å². The minimum absolute atomic E-state index is 0.654. The number of aromatic nitrogens is 4. The lowest BCUT2D eigenvalue weighted by molar-refractivity contribution is 1.09. The fourth-order valence-electron chi connectivity index (χ4n) is 1.64. The molecule has 1 aromatic carbocycles. The molecule has 0 fully saturated rings. The van der Waals surface area contributed by atoms with Gasteiger partial charge >= 0.3 is 0 Å². The molecule has 5 heteroatoms. The van der Waals surface area contributed by atoms with Gasteiger partial charge < -0.3 is 0 Å². The van der Waals surface area contributed by atoms with Gasteiger partial charge in [-0.15, -0.1) is 0 Å². The van der Waals surface area contributed by atoms with Crippen molar-refractivity contribution in [1.82, 2.24) is 20.2 Å². The zero-order valence-corrected chi connectivity index (χ0v) is 10.9. The van der Waals surface area contributed by atoms with E-state index in [1.807, 2.05) is 42.5 Å². The molecule has 4 nitrogen and oxygen atoms in total. The van der Waals surface area contributed by atoms with Crippen molar-refractivity contribution < 1.29 is 0 Å². The molecule has 18 heavy (non-hydrogen) atoms. The van der Waals surface area contributed by atoms with Gasteiger partial charge in [0.05, 0.1) is 0 Å². The summed E-state index contributed by atoms with van der Waals surface area (Å²) in [5.41, 5.74) is 1.74. The number of benzene rings is 1. The molecule has 2 aromatic heterocycles. The highest BCUT2D eigenvalue weighted by Gasteiger charge is 2.10. The van der Waals surface area contributed by atoms with Crippen molar-refractivity contribution in [3.05, 3.63) is 53.1 Å². The van der Waals surface area contributed by atoms with E-state index in [1.54, 1.807) is 6.20 Å². The zero-order chi connectivity index (χ0) is 12.4. The number of hydrogen-bond acceptors (Lipinski definition) is 3. The zero-order valence-electron chi connectivity index (χ0n) is 9.34. The maximum Gasteiger partial charge on any atom is 0.181 e. The SMILES string of the molecule is Brc1cccnc1-c1nc(-c2ccccc2)n[nH]1. The van der Waals surface area contributed by atoms with Crippen LogP contribution in [0.25, 0.3) is 22.9 Å². The molecular weight excluding hydrogens is 292 g/mol. The molecule has 0 unspecified atom stereocenters. The van der Waals surface area contributed by atoms with Gasteiger partial charge in [-0.3, -0.25) is 10.1 Å². The molecule has 88 valence electrons. The third-order valence-corrected chi connectivity index (χ3v) is 3.14. The van der Waals surface area contributed by atoms with Gasteiger partial charge in [0.15, 0.2) is 11.6 Å². The second-order valence-corrected chi connectivity index (χ2v) is 4.56. The lowest BCUT2D eigenvalue weighted by atomic mass is 10.2. The lowest BCUT2D eigenvalue weighted by Crippen LogP contribution is -1.86. The van der Waals surface area contributed by atoms with Gasteiger partial charge in [-0.1, -0.05) is 30.3 Å².